The highest BCUT2D eigenvalue weighted by molar-refractivity contribution is 5.98. The van der Waals surface area contributed by atoms with Crippen molar-refractivity contribution >= 4 is 11.8 Å². The fourth-order valence-corrected chi connectivity index (χ4v) is 3.52. The van der Waals surface area contributed by atoms with Crippen molar-refractivity contribution in [3.8, 4) is 0 Å². The lowest BCUT2D eigenvalue weighted by molar-refractivity contribution is 0.0602. The number of carbonyl (C=O) groups is 2. The number of amides is 2. The molecule has 142 valence electrons. The van der Waals surface area contributed by atoms with E-state index < -0.39 is 0 Å². The number of hydrogen-bond acceptors (Lipinski definition) is 3. The van der Waals surface area contributed by atoms with Crippen molar-refractivity contribution in [1.29, 1.82) is 0 Å². The van der Waals surface area contributed by atoms with E-state index in [-0.39, 0.29) is 17.9 Å². The molecule has 27 heavy (non-hydrogen) atoms. The van der Waals surface area contributed by atoms with Crippen molar-refractivity contribution in [2.75, 3.05) is 6.54 Å². The number of pyridine rings is 1. The largest absolute Gasteiger partial charge is 0.348 e. The van der Waals surface area contributed by atoms with Crippen LogP contribution in [0.3, 0.4) is 0 Å². The van der Waals surface area contributed by atoms with Gasteiger partial charge in [-0.25, -0.2) is 0 Å². The van der Waals surface area contributed by atoms with Crippen molar-refractivity contribution in [1.82, 2.24) is 15.2 Å². The smallest absolute Gasteiger partial charge is 0.272 e. The molecule has 0 radical (unpaired) electrons. The summed E-state index contributed by atoms with van der Waals surface area (Å²) in [7, 11) is 0. The number of carbonyl (C=O) groups excluding carboxylic acids is 2. The molecule has 1 unspecified atom stereocenters. The average molecular weight is 365 g/mol. The Morgan fingerprint density at radius 3 is 2.70 bits per heavy atom. The van der Waals surface area contributed by atoms with Crippen LogP contribution in [0.15, 0.2) is 42.6 Å². The lowest BCUT2D eigenvalue weighted by Crippen LogP contribution is -2.43. The lowest BCUT2D eigenvalue weighted by atomic mass is 9.99. The number of nitrogens with zero attached hydrogens (tertiary/aromatic N) is 2. The summed E-state index contributed by atoms with van der Waals surface area (Å²) >= 11 is 0. The fraction of sp³-hybridized carbons (Fsp3) is 0.409. The number of aryl methyl sites for hydroxylation is 1. The van der Waals surface area contributed by atoms with Gasteiger partial charge in [-0.15, -0.1) is 0 Å². The first-order chi connectivity index (χ1) is 13.1. The Bertz CT molecular complexity index is 801. The quantitative estimate of drug-likeness (QED) is 0.878. The Morgan fingerprint density at radius 1 is 1.19 bits per heavy atom. The van der Waals surface area contributed by atoms with E-state index in [2.05, 4.69) is 17.2 Å². The number of likely N-dealkylation sites (tertiary alicyclic amines) is 1. The molecule has 2 aromatic rings. The van der Waals surface area contributed by atoms with Gasteiger partial charge in [0.05, 0.1) is 0 Å². The van der Waals surface area contributed by atoms with Crippen LogP contribution in [0, 0.1) is 6.92 Å². The number of hydrogen-bond donors (Lipinski definition) is 1. The highest BCUT2D eigenvalue weighted by Crippen LogP contribution is 2.21. The van der Waals surface area contributed by atoms with Crippen LogP contribution in [0.5, 0.6) is 0 Å². The Morgan fingerprint density at radius 2 is 1.96 bits per heavy atom. The summed E-state index contributed by atoms with van der Waals surface area (Å²) in [6.45, 7) is 5.36. The topological polar surface area (TPSA) is 62.3 Å². The minimum absolute atomic E-state index is 0.0743. The van der Waals surface area contributed by atoms with E-state index in [0.717, 1.165) is 37.8 Å². The number of piperidine rings is 1. The molecule has 0 aliphatic carbocycles. The fourth-order valence-electron chi connectivity index (χ4n) is 3.52. The van der Waals surface area contributed by atoms with Gasteiger partial charge in [0, 0.05) is 30.9 Å². The lowest BCUT2D eigenvalue weighted by Gasteiger charge is -2.35. The van der Waals surface area contributed by atoms with Gasteiger partial charge in [-0.2, -0.15) is 0 Å². The summed E-state index contributed by atoms with van der Waals surface area (Å²) in [6, 6.07) is 11.6. The second-order valence-electron chi connectivity index (χ2n) is 7.15. The highest BCUT2D eigenvalue weighted by Gasteiger charge is 2.27. The van der Waals surface area contributed by atoms with Crippen LogP contribution in [0.4, 0.5) is 0 Å². The van der Waals surface area contributed by atoms with Crippen LogP contribution in [0.25, 0.3) is 0 Å². The van der Waals surface area contributed by atoms with Gasteiger partial charge in [-0.05, 0) is 50.3 Å². The van der Waals surface area contributed by atoms with Crippen LogP contribution in [0.2, 0.25) is 0 Å². The number of nitrogens with one attached hydrogen (secondary N) is 1. The van der Waals surface area contributed by atoms with Gasteiger partial charge in [0.25, 0.3) is 11.8 Å². The van der Waals surface area contributed by atoms with Gasteiger partial charge >= 0.3 is 0 Å². The van der Waals surface area contributed by atoms with Crippen molar-refractivity contribution < 1.29 is 9.59 Å². The maximum absolute atomic E-state index is 12.9. The molecule has 1 aliphatic rings. The van der Waals surface area contributed by atoms with E-state index in [9.17, 15) is 9.59 Å². The molecular formula is C22H27N3O2. The molecule has 1 aromatic carbocycles. The van der Waals surface area contributed by atoms with E-state index in [1.54, 1.807) is 18.3 Å². The maximum Gasteiger partial charge on any atom is 0.272 e. The normalized spacial score (nSPS) is 16.8. The molecule has 5 heteroatoms. The monoisotopic (exact) mass is 365 g/mol. The van der Waals surface area contributed by atoms with Crippen molar-refractivity contribution in [3.05, 3.63) is 65.0 Å². The number of rotatable bonds is 5. The number of benzene rings is 1. The predicted octanol–water partition coefficient (Wildman–Crippen LogP) is 3.72. The number of aromatic nitrogens is 1. The predicted molar refractivity (Wildman–Crippen MR) is 106 cm³/mol. The summed E-state index contributed by atoms with van der Waals surface area (Å²) in [4.78, 5) is 31.5. The SMILES string of the molecule is CCC1CCCCN1C(=O)c1cc(C(=O)NCc2ccc(C)cc2)ccn1. The molecule has 0 spiro atoms. The third-order valence-corrected chi connectivity index (χ3v) is 5.17. The molecule has 1 N–H and O–H groups in total. The summed E-state index contributed by atoms with van der Waals surface area (Å²) in [5.74, 6) is -0.271. The molecule has 1 atom stereocenters. The van der Waals surface area contributed by atoms with Crippen molar-refractivity contribution in [2.24, 2.45) is 0 Å². The zero-order chi connectivity index (χ0) is 19.2. The summed E-state index contributed by atoms with van der Waals surface area (Å²) in [6.07, 6.45) is 5.72. The van der Waals surface area contributed by atoms with Crippen molar-refractivity contribution in [2.45, 2.75) is 52.1 Å². The van der Waals surface area contributed by atoms with Crippen molar-refractivity contribution in [3.63, 3.8) is 0 Å². The van der Waals surface area contributed by atoms with Crippen LogP contribution >= 0.6 is 0 Å². The van der Waals surface area contributed by atoms with Crippen LogP contribution in [-0.2, 0) is 6.54 Å². The Hall–Kier alpha value is -2.69. The van der Waals surface area contributed by atoms with E-state index in [0.29, 0.717) is 17.8 Å². The maximum atomic E-state index is 12.9. The summed E-state index contributed by atoms with van der Waals surface area (Å²) < 4.78 is 0. The van der Waals surface area contributed by atoms with Crippen LogP contribution < -0.4 is 5.32 Å². The Labute approximate surface area is 160 Å². The van der Waals surface area contributed by atoms with E-state index in [1.807, 2.05) is 36.1 Å². The molecule has 1 fully saturated rings. The summed E-state index contributed by atoms with van der Waals surface area (Å²) in [5, 5.41) is 2.91. The standard InChI is InChI=1S/C22H27N3O2/c1-3-19-6-4-5-13-25(19)22(27)20-14-18(11-12-23-20)21(26)24-15-17-9-7-16(2)8-10-17/h7-12,14,19H,3-6,13,15H2,1-2H3,(H,24,26). The first-order valence-corrected chi connectivity index (χ1v) is 9.69. The van der Waals surface area contributed by atoms with Gasteiger partial charge in [0.15, 0.2) is 0 Å². The zero-order valence-electron chi connectivity index (χ0n) is 16.1. The summed E-state index contributed by atoms with van der Waals surface area (Å²) in [5.41, 5.74) is 3.03. The second-order valence-corrected chi connectivity index (χ2v) is 7.15. The highest BCUT2D eigenvalue weighted by atomic mass is 16.2. The molecule has 1 saturated heterocycles. The molecule has 1 aliphatic heterocycles. The average Bonchev–Trinajstić information content (AvgIpc) is 2.72. The molecule has 1 aromatic heterocycles. The molecule has 2 heterocycles. The molecule has 0 saturated carbocycles. The van der Waals surface area contributed by atoms with Crippen LogP contribution in [0.1, 0.15) is 64.6 Å². The zero-order valence-corrected chi connectivity index (χ0v) is 16.1. The van der Waals surface area contributed by atoms with Gasteiger partial charge in [-0.3, -0.25) is 14.6 Å². The van der Waals surface area contributed by atoms with E-state index >= 15 is 0 Å². The Kier molecular flexibility index (Phi) is 6.22. The molecule has 3 rings (SSSR count). The Balaban J connectivity index is 1.67. The first-order valence-electron chi connectivity index (χ1n) is 9.69. The molecule has 0 bridgehead atoms. The molecular weight excluding hydrogens is 338 g/mol. The minimum Gasteiger partial charge on any atom is -0.348 e. The van der Waals surface area contributed by atoms with E-state index in [1.165, 1.54) is 5.56 Å². The second kappa shape index (κ2) is 8.80. The third-order valence-electron chi connectivity index (χ3n) is 5.17. The van der Waals surface area contributed by atoms with E-state index in [4.69, 9.17) is 0 Å². The molecule has 5 nitrogen and oxygen atoms in total. The first kappa shape index (κ1) is 19.1. The third kappa shape index (κ3) is 4.73. The van der Waals surface area contributed by atoms with Crippen LogP contribution in [-0.4, -0.2) is 34.3 Å². The van der Waals surface area contributed by atoms with Gasteiger partial charge in [0.1, 0.15) is 5.69 Å². The van der Waals surface area contributed by atoms with Gasteiger partial charge in [0.2, 0.25) is 0 Å². The minimum atomic E-state index is -0.197. The molecule has 2 amide bonds. The van der Waals surface area contributed by atoms with Gasteiger partial charge < -0.3 is 10.2 Å². The van der Waals surface area contributed by atoms with Gasteiger partial charge in [-0.1, -0.05) is 36.8 Å².